The van der Waals surface area contributed by atoms with E-state index in [1.54, 1.807) is 0 Å². The third-order valence-corrected chi connectivity index (χ3v) is 6.79. The van der Waals surface area contributed by atoms with Gasteiger partial charge in [-0.2, -0.15) is 0 Å². The van der Waals surface area contributed by atoms with Crippen molar-refractivity contribution in [1.29, 1.82) is 0 Å². The van der Waals surface area contributed by atoms with Crippen molar-refractivity contribution in [3.8, 4) is 5.75 Å². The van der Waals surface area contributed by atoms with E-state index in [4.69, 9.17) is 4.74 Å². The molecule has 0 bridgehead atoms. The molecule has 4 rings (SSSR count). The van der Waals surface area contributed by atoms with Gasteiger partial charge in [-0.15, -0.1) is 0 Å². The predicted octanol–water partition coefficient (Wildman–Crippen LogP) is 2.38. The summed E-state index contributed by atoms with van der Waals surface area (Å²) in [5.41, 5.74) is 2.93. The molecule has 3 atom stereocenters. The number of amides is 1. The van der Waals surface area contributed by atoms with Crippen LogP contribution in [-0.2, 0) is 17.6 Å². The lowest BCUT2D eigenvalue weighted by atomic mass is 9.90. The summed E-state index contributed by atoms with van der Waals surface area (Å²) < 4.78 is 6.09. The second-order valence-corrected chi connectivity index (χ2v) is 8.72. The zero-order chi connectivity index (χ0) is 19.3. The Kier molecular flexibility index (Phi) is 6.53. The summed E-state index contributed by atoms with van der Waals surface area (Å²) in [5.74, 6) is 1.63. The van der Waals surface area contributed by atoms with Gasteiger partial charge in [-0.1, -0.05) is 13.0 Å². The molecule has 1 amide bonds. The molecule has 5 heteroatoms. The standard InChI is InChI=1S/C23H35N3O2/c1-2-26-10-4-7-21(26)15-25-23(27)20-11-17(13-24-14-20)16-28-22-9-8-18-5-3-6-19(18)12-22/h8-9,12,17,20-21,24H,2-7,10-11,13-16H2,1H3,(H,25,27)/t17-,20+,21+/m0/s1. The fraction of sp³-hybridized carbons (Fsp3) is 0.696. The number of hydrogen-bond acceptors (Lipinski definition) is 4. The number of aryl methyl sites for hydroxylation is 2. The molecule has 2 aliphatic heterocycles. The quantitative estimate of drug-likeness (QED) is 0.757. The van der Waals surface area contributed by atoms with Crippen molar-refractivity contribution >= 4 is 5.91 Å². The molecule has 5 nitrogen and oxygen atoms in total. The number of likely N-dealkylation sites (tertiary alicyclic amines) is 1. The molecule has 0 aromatic heterocycles. The molecular weight excluding hydrogens is 350 g/mol. The van der Waals surface area contributed by atoms with Crippen LogP contribution in [0, 0.1) is 11.8 Å². The lowest BCUT2D eigenvalue weighted by molar-refractivity contribution is -0.126. The highest BCUT2D eigenvalue weighted by molar-refractivity contribution is 5.79. The Bertz CT molecular complexity index is 678. The average molecular weight is 386 g/mol. The minimum atomic E-state index is 0.0545. The van der Waals surface area contributed by atoms with Gasteiger partial charge in [0.25, 0.3) is 0 Å². The minimum absolute atomic E-state index is 0.0545. The number of benzene rings is 1. The first-order valence-electron chi connectivity index (χ1n) is 11.2. The third-order valence-electron chi connectivity index (χ3n) is 6.79. The van der Waals surface area contributed by atoms with E-state index in [2.05, 4.69) is 40.7 Å². The van der Waals surface area contributed by atoms with Crippen molar-refractivity contribution in [2.24, 2.45) is 11.8 Å². The molecule has 1 aromatic carbocycles. The molecule has 0 saturated carbocycles. The van der Waals surface area contributed by atoms with Crippen LogP contribution in [0.1, 0.15) is 43.7 Å². The van der Waals surface area contributed by atoms with Gasteiger partial charge in [0.1, 0.15) is 5.75 Å². The summed E-state index contributed by atoms with van der Waals surface area (Å²) in [5, 5.41) is 6.66. The van der Waals surface area contributed by atoms with Gasteiger partial charge in [0.2, 0.25) is 5.91 Å². The summed E-state index contributed by atoms with van der Waals surface area (Å²) in [4.78, 5) is 15.2. The van der Waals surface area contributed by atoms with Crippen LogP contribution in [0.5, 0.6) is 5.75 Å². The number of carbonyl (C=O) groups is 1. The molecule has 2 heterocycles. The maximum atomic E-state index is 12.7. The highest BCUT2D eigenvalue weighted by atomic mass is 16.5. The van der Waals surface area contributed by atoms with Crippen LogP contribution in [0.3, 0.4) is 0 Å². The Morgan fingerprint density at radius 3 is 3.04 bits per heavy atom. The van der Waals surface area contributed by atoms with Gasteiger partial charge in [-0.3, -0.25) is 9.69 Å². The highest BCUT2D eigenvalue weighted by Crippen LogP contribution is 2.27. The topological polar surface area (TPSA) is 53.6 Å². The van der Waals surface area contributed by atoms with Crippen molar-refractivity contribution < 1.29 is 9.53 Å². The zero-order valence-corrected chi connectivity index (χ0v) is 17.2. The fourth-order valence-electron chi connectivity index (χ4n) is 5.11. The van der Waals surface area contributed by atoms with E-state index >= 15 is 0 Å². The summed E-state index contributed by atoms with van der Waals surface area (Å²) in [6.07, 6.45) is 7.01. The van der Waals surface area contributed by atoms with Crippen LogP contribution < -0.4 is 15.4 Å². The monoisotopic (exact) mass is 385 g/mol. The summed E-state index contributed by atoms with van der Waals surface area (Å²) in [6, 6.07) is 7.05. The molecule has 2 saturated heterocycles. The molecule has 2 fully saturated rings. The largest absolute Gasteiger partial charge is 0.493 e. The van der Waals surface area contributed by atoms with Crippen LogP contribution in [0.4, 0.5) is 0 Å². The van der Waals surface area contributed by atoms with Gasteiger partial charge < -0.3 is 15.4 Å². The first kappa shape index (κ1) is 19.7. The van der Waals surface area contributed by atoms with E-state index in [1.165, 1.54) is 49.8 Å². The predicted molar refractivity (Wildman–Crippen MR) is 112 cm³/mol. The van der Waals surface area contributed by atoms with E-state index in [-0.39, 0.29) is 11.8 Å². The number of hydrogen-bond donors (Lipinski definition) is 2. The Balaban J connectivity index is 1.23. The van der Waals surface area contributed by atoms with Gasteiger partial charge in [-0.05, 0) is 74.9 Å². The second-order valence-electron chi connectivity index (χ2n) is 8.72. The molecule has 1 aromatic rings. The number of ether oxygens (including phenoxy) is 1. The van der Waals surface area contributed by atoms with Gasteiger partial charge in [0.15, 0.2) is 0 Å². The van der Waals surface area contributed by atoms with Crippen LogP contribution in [0.2, 0.25) is 0 Å². The Morgan fingerprint density at radius 1 is 1.25 bits per heavy atom. The molecule has 154 valence electrons. The third kappa shape index (κ3) is 4.69. The molecule has 0 radical (unpaired) electrons. The number of carbonyl (C=O) groups excluding carboxylic acids is 1. The van der Waals surface area contributed by atoms with Crippen LogP contribution in [0.25, 0.3) is 0 Å². The normalized spacial score (nSPS) is 27.5. The molecular formula is C23H35N3O2. The van der Waals surface area contributed by atoms with Gasteiger partial charge in [0, 0.05) is 31.6 Å². The number of fused-ring (bicyclic) bond motifs is 1. The molecule has 0 unspecified atom stereocenters. The molecule has 1 aliphatic carbocycles. The Labute approximate surface area is 169 Å². The number of rotatable bonds is 7. The summed E-state index contributed by atoms with van der Waals surface area (Å²) in [7, 11) is 0. The molecule has 0 spiro atoms. The Hall–Kier alpha value is -1.59. The van der Waals surface area contributed by atoms with Gasteiger partial charge >= 0.3 is 0 Å². The lowest BCUT2D eigenvalue weighted by Crippen LogP contribution is -2.48. The summed E-state index contributed by atoms with van der Waals surface area (Å²) >= 11 is 0. The smallest absolute Gasteiger partial charge is 0.224 e. The SMILES string of the molecule is CCN1CCC[C@@H]1CNC(=O)[C@H]1CNC[C@@H](COc2ccc3c(c2)CCC3)C1. The van der Waals surface area contributed by atoms with Crippen molar-refractivity contribution in [3.63, 3.8) is 0 Å². The second kappa shape index (κ2) is 9.27. The van der Waals surface area contributed by atoms with E-state index in [9.17, 15) is 4.79 Å². The van der Waals surface area contributed by atoms with E-state index in [0.717, 1.165) is 38.3 Å². The van der Waals surface area contributed by atoms with Crippen molar-refractivity contribution in [3.05, 3.63) is 29.3 Å². The van der Waals surface area contributed by atoms with E-state index < -0.39 is 0 Å². The van der Waals surface area contributed by atoms with Crippen molar-refractivity contribution in [2.75, 3.05) is 39.3 Å². The van der Waals surface area contributed by atoms with Crippen molar-refractivity contribution in [2.45, 2.75) is 51.5 Å². The zero-order valence-electron chi connectivity index (χ0n) is 17.2. The first-order valence-corrected chi connectivity index (χ1v) is 11.2. The number of nitrogens with one attached hydrogen (secondary N) is 2. The van der Waals surface area contributed by atoms with Gasteiger partial charge in [0.05, 0.1) is 12.5 Å². The summed E-state index contributed by atoms with van der Waals surface area (Å²) in [6.45, 7) is 7.64. The first-order chi connectivity index (χ1) is 13.7. The van der Waals surface area contributed by atoms with E-state index in [0.29, 0.717) is 18.6 Å². The van der Waals surface area contributed by atoms with Crippen LogP contribution in [-0.4, -0.2) is 56.2 Å². The molecule has 3 aliphatic rings. The van der Waals surface area contributed by atoms with Gasteiger partial charge in [-0.25, -0.2) is 0 Å². The lowest BCUT2D eigenvalue weighted by Gasteiger charge is -2.30. The molecule has 2 N–H and O–H groups in total. The van der Waals surface area contributed by atoms with E-state index in [1.807, 2.05) is 0 Å². The number of piperidine rings is 1. The van der Waals surface area contributed by atoms with Crippen LogP contribution >= 0.6 is 0 Å². The number of nitrogens with zero attached hydrogens (tertiary/aromatic N) is 1. The number of likely N-dealkylation sites (N-methyl/N-ethyl adjacent to an activating group) is 1. The fourth-order valence-corrected chi connectivity index (χ4v) is 5.11. The minimum Gasteiger partial charge on any atom is -0.493 e. The Morgan fingerprint density at radius 2 is 2.14 bits per heavy atom. The average Bonchev–Trinajstić information content (AvgIpc) is 3.39. The highest BCUT2D eigenvalue weighted by Gasteiger charge is 2.29. The van der Waals surface area contributed by atoms with Crippen LogP contribution in [0.15, 0.2) is 18.2 Å². The maximum Gasteiger partial charge on any atom is 0.224 e. The van der Waals surface area contributed by atoms with Crippen molar-refractivity contribution in [1.82, 2.24) is 15.5 Å². The molecule has 28 heavy (non-hydrogen) atoms. The maximum absolute atomic E-state index is 12.7.